The quantitative estimate of drug-likeness (QED) is 0.789. The Hall–Kier alpha value is -2.28. The second kappa shape index (κ2) is 8.40. The monoisotopic (exact) mass is 372 g/mol. The fourth-order valence-electron chi connectivity index (χ4n) is 3.05. The zero-order chi connectivity index (χ0) is 18.5. The SMILES string of the molecule is Cc1ccc(-n2ccnc2SCC(=O)NC(=O)NC2CCCC2)cc1C. The topological polar surface area (TPSA) is 76.0 Å². The molecule has 0 atom stereocenters. The lowest BCUT2D eigenvalue weighted by Gasteiger charge is -2.12. The van der Waals surface area contributed by atoms with Crippen LogP contribution < -0.4 is 10.6 Å². The number of nitrogens with zero attached hydrogens (tertiary/aromatic N) is 2. The summed E-state index contributed by atoms with van der Waals surface area (Å²) in [7, 11) is 0. The first-order valence-electron chi connectivity index (χ1n) is 8.87. The lowest BCUT2D eigenvalue weighted by molar-refractivity contribution is -0.117. The highest BCUT2D eigenvalue weighted by Crippen LogP contribution is 2.22. The van der Waals surface area contributed by atoms with Crippen molar-refractivity contribution in [3.05, 3.63) is 41.7 Å². The van der Waals surface area contributed by atoms with Crippen molar-refractivity contribution in [2.75, 3.05) is 5.75 Å². The number of imide groups is 1. The van der Waals surface area contributed by atoms with Gasteiger partial charge < -0.3 is 5.32 Å². The summed E-state index contributed by atoms with van der Waals surface area (Å²) in [4.78, 5) is 28.2. The third-order valence-electron chi connectivity index (χ3n) is 4.65. The van der Waals surface area contributed by atoms with Gasteiger partial charge in [-0.15, -0.1) is 0 Å². The van der Waals surface area contributed by atoms with Gasteiger partial charge in [-0.25, -0.2) is 9.78 Å². The Labute approximate surface area is 157 Å². The molecule has 7 heteroatoms. The zero-order valence-electron chi connectivity index (χ0n) is 15.1. The third kappa shape index (κ3) is 4.66. The molecule has 138 valence electrons. The number of aromatic nitrogens is 2. The van der Waals surface area contributed by atoms with E-state index >= 15 is 0 Å². The molecule has 1 aliphatic rings. The minimum absolute atomic E-state index is 0.139. The molecule has 1 heterocycles. The molecule has 0 bridgehead atoms. The number of carbonyl (C=O) groups excluding carboxylic acids is 2. The molecular weight excluding hydrogens is 348 g/mol. The van der Waals surface area contributed by atoms with E-state index in [1.54, 1.807) is 6.20 Å². The van der Waals surface area contributed by atoms with Gasteiger partial charge in [-0.3, -0.25) is 14.7 Å². The Morgan fingerprint density at radius 2 is 2.00 bits per heavy atom. The number of aryl methyl sites for hydroxylation is 2. The molecular formula is C19H24N4O2S. The summed E-state index contributed by atoms with van der Waals surface area (Å²) >= 11 is 1.31. The van der Waals surface area contributed by atoms with Crippen LogP contribution in [0.4, 0.5) is 4.79 Å². The number of rotatable bonds is 5. The summed E-state index contributed by atoms with van der Waals surface area (Å²) in [6.45, 7) is 4.14. The average molecular weight is 372 g/mol. The van der Waals surface area contributed by atoms with E-state index in [1.165, 1.54) is 22.9 Å². The predicted octanol–water partition coefficient (Wildman–Crippen LogP) is 3.35. The average Bonchev–Trinajstić information content (AvgIpc) is 3.27. The van der Waals surface area contributed by atoms with Gasteiger partial charge in [-0.05, 0) is 49.9 Å². The number of carbonyl (C=O) groups is 2. The molecule has 0 spiro atoms. The maximum atomic E-state index is 12.0. The molecule has 0 unspecified atom stereocenters. The van der Waals surface area contributed by atoms with Gasteiger partial charge in [-0.2, -0.15) is 0 Å². The summed E-state index contributed by atoms with van der Waals surface area (Å²) in [5.74, 6) is -0.180. The Morgan fingerprint density at radius 1 is 1.23 bits per heavy atom. The largest absolute Gasteiger partial charge is 0.335 e. The molecule has 1 fully saturated rings. The number of imidazole rings is 1. The van der Waals surface area contributed by atoms with Crippen LogP contribution in [0.2, 0.25) is 0 Å². The van der Waals surface area contributed by atoms with Gasteiger partial charge in [-0.1, -0.05) is 30.7 Å². The molecule has 1 aromatic heterocycles. The van der Waals surface area contributed by atoms with Crippen molar-refractivity contribution in [3.63, 3.8) is 0 Å². The van der Waals surface area contributed by atoms with E-state index < -0.39 is 6.03 Å². The van der Waals surface area contributed by atoms with Crippen LogP contribution >= 0.6 is 11.8 Å². The zero-order valence-corrected chi connectivity index (χ0v) is 15.9. The Balaban J connectivity index is 1.55. The molecule has 1 saturated carbocycles. The molecule has 0 radical (unpaired) electrons. The second-order valence-corrected chi connectivity index (χ2v) is 7.58. The Kier molecular flexibility index (Phi) is 5.98. The van der Waals surface area contributed by atoms with Gasteiger partial charge in [0.15, 0.2) is 5.16 Å². The number of urea groups is 1. The fourth-order valence-corrected chi connectivity index (χ4v) is 3.83. The van der Waals surface area contributed by atoms with Crippen LogP contribution in [0, 0.1) is 13.8 Å². The van der Waals surface area contributed by atoms with Crippen LogP contribution in [0.15, 0.2) is 35.7 Å². The van der Waals surface area contributed by atoms with E-state index in [0.29, 0.717) is 0 Å². The van der Waals surface area contributed by atoms with E-state index in [0.717, 1.165) is 36.5 Å². The summed E-state index contributed by atoms with van der Waals surface area (Å²) in [6.07, 6.45) is 7.83. The van der Waals surface area contributed by atoms with E-state index in [4.69, 9.17) is 0 Å². The highest BCUT2D eigenvalue weighted by Gasteiger charge is 2.18. The fraction of sp³-hybridized carbons (Fsp3) is 0.421. The molecule has 1 aromatic carbocycles. The van der Waals surface area contributed by atoms with Gasteiger partial charge in [0.05, 0.1) is 5.75 Å². The van der Waals surface area contributed by atoms with Crippen molar-refractivity contribution in [2.45, 2.75) is 50.7 Å². The number of hydrogen-bond donors (Lipinski definition) is 2. The molecule has 0 saturated heterocycles. The number of nitrogens with one attached hydrogen (secondary N) is 2. The molecule has 3 amide bonds. The molecule has 3 rings (SSSR count). The van der Waals surface area contributed by atoms with Gasteiger partial charge in [0.1, 0.15) is 0 Å². The first kappa shape index (κ1) is 18.5. The van der Waals surface area contributed by atoms with Crippen LogP contribution in [0.1, 0.15) is 36.8 Å². The van der Waals surface area contributed by atoms with Crippen LogP contribution in [0.3, 0.4) is 0 Å². The van der Waals surface area contributed by atoms with Gasteiger partial charge >= 0.3 is 6.03 Å². The highest BCUT2D eigenvalue weighted by molar-refractivity contribution is 7.99. The maximum Gasteiger partial charge on any atom is 0.321 e. The maximum absolute atomic E-state index is 12.0. The van der Waals surface area contributed by atoms with Crippen LogP contribution in [-0.2, 0) is 4.79 Å². The second-order valence-electron chi connectivity index (χ2n) is 6.64. The van der Waals surface area contributed by atoms with Gasteiger partial charge in [0.25, 0.3) is 0 Å². The van der Waals surface area contributed by atoms with E-state index in [2.05, 4.69) is 41.6 Å². The standard InChI is InChI=1S/C19H24N4O2S/c1-13-7-8-16(11-14(13)2)23-10-9-20-19(23)26-12-17(24)22-18(25)21-15-5-3-4-6-15/h7-11,15H,3-6,12H2,1-2H3,(H2,21,22,24,25). The Morgan fingerprint density at radius 3 is 2.73 bits per heavy atom. The molecule has 6 nitrogen and oxygen atoms in total. The normalized spacial score (nSPS) is 14.4. The van der Waals surface area contributed by atoms with Crippen molar-refractivity contribution in [1.29, 1.82) is 0 Å². The van der Waals surface area contributed by atoms with Gasteiger partial charge in [0.2, 0.25) is 5.91 Å². The van der Waals surface area contributed by atoms with Crippen molar-refractivity contribution in [1.82, 2.24) is 20.2 Å². The Bertz CT molecular complexity index is 797. The van der Waals surface area contributed by atoms with Crippen molar-refractivity contribution >= 4 is 23.7 Å². The highest BCUT2D eigenvalue weighted by atomic mass is 32.2. The van der Waals surface area contributed by atoms with Crippen molar-refractivity contribution in [3.8, 4) is 5.69 Å². The molecule has 2 N–H and O–H groups in total. The summed E-state index contributed by atoms with van der Waals surface area (Å²) in [6, 6.07) is 5.98. The number of amides is 3. The lowest BCUT2D eigenvalue weighted by Crippen LogP contribution is -2.44. The van der Waals surface area contributed by atoms with Crippen molar-refractivity contribution in [2.24, 2.45) is 0 Å². The summed E-state index contributed by atoms with van der Waals surface area (Å²) in [5, 5.41) is 5.97. The van der Waals surface area contributed by atoms with Crippen molar-refractivity contribution < 1.29 is 9.59 Å². The molecule has 2 aromatic rings. The molecule has 0 aliphatic heterocycles. The van der Waals surface area contributed by atoms with Crippen LogP contribution in [0.5, 0.6) is 0 Å². The predicted molar refractivity (Wildman–Crippen MR) is 103 cm³/mol. The lowest BCUT2D eigenvalue weighted by atomic mass is 10.1. The van der Waals surface area contributed by atoms with E-state index in [1.807, 2.05) is 16.8 Å². The third-order valence-corrected chi connectivity index (χ3v) is 5.62. The van der Waals surface area contributed by atoms with Gasteiger partial charge in [0, 0.05) is 24.1 Å². The minimum atomic E-state index is -0.403. The smallest absolute Gasteiger partial charge is 0.321 e. The summed E-state index contributed by atoms with van der Waals surface area (Å²) in [5.41, 5.74) is 3.44. The number of hydrogen-bond acceptors (Lipinski definition) is 4. The van der Waals surface area contributed by atoms with E-state index in [9.17, 15) is 9.59 Å². The van der Waals surface area contributed by atoms with E-state index in [-0.39, 0.29) is 17.7 Å². The number of benzene rings is 1. The number of thioether (sulfide) groups is 1. The van der Waals surface area contributed by atoms with Crippen LogP contribution in [0.25, 0.3) is 5.69 Å². The minimum Gasteiger partial charge on any atom is -0.335 e. The molecule has 26 heavy (non-hydrogen) atoms. The molecule has 1 aliphatic carbocycles. The first-order valence-corrected chi connectivity index (χ1v) is 9.85. The first-order chi connectivity index (χ1) is 12.5. The van der Waals surface area contributed by atoms with Crippen LogP contribution in [-0.4, -0.2) is 33.3 Å². The summed E-state index contributed by atoms with van der Waals surface area (Å²) < 4.78 is 1.95.